The van der Waals surface area contributed by atoms with Crippen molar-refractivity contribution < 1.29 is 27.5 Å². The quantitative estimate of drug-likeness (QED) is 0.845. The fraction of sp³-hybridized carbons (Fsp3) is 0.500. The first-order valence-electron chi connectivity index (χ1n) is 7.30. The van der Waals surface area contributed by atoms with Crippen molar-refractivity contribution >= 4 is 11.7 Å². The molecule has 1 aliphatic rings. The first kappa shape index (κ1) is 17.3. The SMILES string of the molecule is CCc1cc(OC(F)(F)CF)cc(C)c1C1C(=O)NC(C)C1=O. The van der Waals surface area contributed by atoms with Crippen LogP contribution < -0.4 is 10.1 Å². The van der Waals surface area contributed by atoms with E-state index in [1.165, 1.54) is 12.1 Å². The lowest BCUT2D eigenvalue weighted by Crippen LogP contribution is -2.27. The van der Waals surface area contributed by atoms with Crippen LogP contribution >= 0.6 is 0 Å². The summed E-state index contributed by atoms with van der Waals surface area (Å²) in [6.07, 6.45) is -3.49. The van der Waals surface area contributed by atoms with Crippen LogP contribution in [0.1, 0.15) is 36.5 Å². The lowest BCUT2D eigenvalue weighted by molar-refractivity contribution is -0.186. The summed E-state index contributed by atoms with van der Waals surface area (Å²) in [5.74, 6) is -1.79. The molecule has 0 radical (unpaired) electrons. The van der Waals surface area contributed by atoms with Crippen LogP contribution in [0, 0.1) is 6.92 Å². The minimum Gasteiger partial charge on any atom is -0.431 e. The van der Waals surface area contributed by atoms with Gasteiger partial charge in [-0.2, -0.15) is 8.78 Å². The Balaban J connectivity index is 2.46. The molecule has 126 valence electrons. The highest BCUT2D eigenvalue weighted by molar-refractivity contribution is 6.15. The second-order valence-corrected chi connectivity index (χ2v) is 5.61. The Labute approximate surface area is 132 Å². The third-order valence-electron chi connectivity index (χ3n) is 3.87. The maximum Gasteiger partial charge on any atom is 0.427 e. The number of nitrogens with one attached hydrogen (secondary N) is 1. The van der Waals surface area contributed by atoms with Crippen LogP contribution in [0.5, 0.6) is 5.75 Å². The Morgan fingerprint density at radius 1 is 1.30 bits per heavy atom. The summed E-state index contributed by atoms with van der Waals surface area (Å²) < 4.78 is 42.7. The average Bonchev–Trinajstić information content (AvgIpc) is 2.72. The average molecular weight is 329 g/mol. The lowest BCUT2D eigenvalue weighted by Gasteiger charge is -2.20. The number of carbonyl (C=O) groups is 2. The molecule has 2 unspecified atom stereocenters. The molecule has 1 amide bonds. The number of ether oxygens (including phenoxy) is 1. The molecule has 0 bridgehead atoms. The molecule has 1 aliphatic heterocycles. The molecule has 1 saturated heterocycles. The highest BCUT2D eigenvalue weighted by atomic mass is 19.3. The molecule has 0 spiro atoms. The van der Waals surface area contributed by atoms with Gasteiger partial charge in [0, 0.05) is 0 Å². The van der Waals surface area contributed by atoms with Gasteiger partial charge in [0.25, 0.3) is 0 Å². The van der Waals surface area contributed by atoms with E-state index in [-0.39, 0.29) is 11.5 Å². The Morgan fingerprint density at radius 3 is 2.43 bits per heavy atom. The van der Waals surface area contributed by atoms with Gasteiger partial charge in [0.2, 0.25) is 5.91 Å². The van der Waals surface area contributed by atoms with Crippen molar-refractivity contribution in [3.63, 3.8) is 0 Å². The van der Waals surface area contributed by atoms with E-state index in [0.717, 1.165) is 0 Å². The normalized spacial score (nSPS) is 21.5. The van der Waals surface area contributed by atoms with Crippen LogP contribution in [-0.4, -0.2) is 30.5 Å². The Morgan fingerprint density at radius 2 is 1.96 bits per heavy atom. The molecule has 1 aromatic carbocycles. The van der Waals surface area contributed by atoms with Crippen molar-refractivity contribution in [2.24, 2.45) is 0 Å². The van der Waals surface area contributed by atoms with Crippen LogP contribution in [0.15, 0.2) is 12.1 Å². The van der Waals surface area contributed by atoms with Gasteiger partial charge in [-0.15, -0.1) is 0 Å². The van der Waals surface area contributed by atoms with Crippen molar-refractivity contribution in [3.8, 4) is 5.75 Å². The molecule has 7 heteroatoms. The Bertz CT molecular complexity index is 646. The zero-order valence-corrected chi connectivity index (χ0v) is 13.1. The van der Waals surface area contributed by atoms with Gasteiger partial charge in [0.1, 0.15) is 11.7 Å². The third kappa shape index (κ3) is 3.33. The molecular weight excluding hydrogens is 311 g/mol. The molecular formula is C16H18F3NO3. The molecule has 1 fully saturated rings. The number of benzene rings is 1. The van der Waals surface area contributed by atoms with Gasteiger partial charge >= 0.3 is 6.11 Å². The van der Waals surface area contributed by atoms with E-state index in [9.17, 15) is 22.8 Å². The van der Waals surface area contributed by atoms with E-state index < -0.39 is 30.7 Å². The summed E-state index contributed by atoms with van der Waals surface area (Å²) in [5.41, 5.74) is 1.55. The van der Waals surface area contributed by atoms with Crippen LogP contribution in [0.25, 0.3) is 0 Å². The number of hydrogen-bond donors (Lipinski definition) is 1. The summed E-state index contributed by atoms with van der Waals surface area (Å²) in [6, 6.07) is 2.04. The standard InChI is InChI=1S/C16H18F3NO3/c1-4-10-6-11(23-16(18,19)7-17)5-8(2)12(10)13-14(21)9(3)20-15(13)22/h5-6,9,13H,4,7H2,1-3H3,(H,20,22). The predicted molar refractivity (Wildman–Crippen MR) is 77.5 cm³/mol. The number of aryl methyl sites for hydroxylation is 2. The topological polar surface area (TPSA) is 55.4 Å². The van der Waals surface area contributed by atoms with E-state index in [1.807, 2.05) is 0 Å². The first-order chi connectivity index (χ1) is 10.7. The number of Topliss-reactive ketones (excluding diaryl/α,β-unsaturated/α-hetero) is 1. The number of carbonyl (C=O) groups excluding carboxylic acids is 2. The van der Waals surface area contributed by atoms with E-state index in [1.54, 1.807) is 20.8 Å². The monoisotopic (exact) mass is 329 g/mol. The number of rotatable bonds is 5. The van der Waals surface area contributed by atoms with Crippen molar-refractivity contribution in [2.45, 2.75) is 45.3 Å². The van der Waals surface area contributed by atoms with Gasteiger partial charge in [-0.3, -0.25) is 9.59 Å². The molecule has 0 saturated carbocycles. The molecule has 1 N–H and O–H groups in total. The van der Waals surface area contributed by atoms with E-state index in [4.69, 9.17) is 0 Å². The van der Waals surface area contributed by atoms with Gasteiger partial charge in [-0.1, -0.05) is 6.92 Å². The lowest BCUT2D eigenvalue weighted by atomic mass is 9.86. The predicted octanol–water partition coefficient (Wildman–Crippen LogP) is 2.67. The summed E-state index contributed by atoms with van der Waals surface area (Å²) in [4.78, 5) is 24.3. The van der Waals surface area contributed by atoms with E-state index in [2.05, 4.69) is 10.1 Å². The zero-order valence-electron chi connectivity index (χ0n) is 13.1. The highest BCUT2D eigenvalue weighted by Crippen LogP contribution is 2.34. The fourth-order valence-electron chi connectivity index (χ4n) is 2.82. The minimum absolute atomic E-state index is 0.190. The van der Waals surface area contributed by atoms with E-state index >= 15 is 0 Å². The van der Waals surface area contributed by atoms with Gasteiger partial charge in [0.15, 0.2) is 12.5 Å². The Kier molecular flexibility index (Phi) is 4.68. The second kappa shape index (κ2) is 6.22. The Hall–Kier alpha value is -2.05. The second-order valence-electron chi connectivity index (χ2n) is 5.61. The smallest absolute Gasteiger partial charge is 0.427 e. The summed E-state index contributed by atoms with van der Waals surface area (Å²) in [6.45, 7) is 3.05. The highest BCUT2D eigenvalue weighted by Gasteiger charge is 2.41. The maximum atomic E-state index is 13.1. The summed E-state index contributed by atoms with van der Waals surface area (Å²) >= 11 is 0. The minimum atomic E-state index is -3.91. The number of ketones is 1. The molecule has 1 aromatic rings. The van der Waals surface area contributed by atoms with Crippen LogP contribution in [-0.2, 0) is 16.0 Å². The number of alkyl halides is 3. The molecule has 1 heterocycles. The number of amides is 1. The fourth-order valence-corrected chi connectivity index (χ4v) is 2.82. The van der Waals surface area contributed by atoms with Crippen molar-refractivity contribution in [2.75, 3.05) is 6.67 Å². The maximum absolute atomic E-state index is 13.1. The van der Waals surface area contributed by atoms with Gasteiger partial charge in [-0.25, -0.2) is 4.39 Å². The molecule has 23 heavy (non-hydrogen) atoms. The van der Waals surface area contributed by atoms with E-state index in [0.29, 0.717) is 23.1 Å². The summed E-state index contributed by atoms with van der Waals surface area (Å²) in [7, 11) is 0. The summed E-state index contributed by atoms with van der Waals surface area (Å²) in [5, 5.41) is 2.57. The van der Waals surface area contributed by atoms with Crippen LogP contribution in [0.3, 0.4) is 0 Å². The zero-order chi connectivity index (χ0) is 17.4. The van der Waals surface area contributed by atoms with Crippen molar-refractivity contribution in [3.05, 3.63) is 28.8 Å². The van der Waals surface area contributed by atoms with Gasteiger partial charge in [0.05, 0.1) is 6.04 Å². The molecule has 4 nitrogen and oxygen atoms in total. The number of hydrogen-bond acceptors (Lipinski definition) is 3. The van der Waals surface area contributed by atoms with Crippen LogP contribution in [0.4, 0.5) is 13.2 Å². The molecule has 0 aliphatic carbocycles. The third-order valence-corrected chi connectivity index (χ3v) is 3.87. The first-order valence-corrected chi connectivity index (χ1v) is 7.30. The number of halogens is 3. The largest absolute Gasteiger partial charge is 0.431 e. The van der Waals surface area contributed by atoms with Crippen LogP contribution in [0.2, 0.25) is 0 Å². The van der Waals surface area contributed by atoms with Crippen molar-refractivity contribution in [1.29, 1.82) is 0 Å². The molecule has 0 aromatic heterocycles. The van der Waals surface area contributed by atoms with Crippen molar-refractivity contribution in [1.82, 2.24) is 5.32 Å². The van der Waals surface area contributed by atoms with Gasteiger partial charge in [-0.05, 0) is 49.1 Å². The molecule has 2 rings (SSSR count). The van der Waals surface area contributed by atoms with Gasteiger partial charge < -0.3 is 10.1 Å². The molecule has 2 atom stereocenters.